The highest BCUT2D eigenvalue weighted by molar-refractivity contribution is 9.10. The Morgan fingerprint density at radius 2 is 2.28 bits per heavy atom. The van der Waals surface area contributed by atoms with Crippen LogP contribution in [0.1, 0.15) is 25.5 Å². The highest BCUT2D eigenvalue weighted by atomic mass is 79.9. The molecule has 0 aromatic heterocycles. The van der Waals surface area contributed by atoms with E-state index in [2.05, 4.69) is 70.7 Å². The van der Waals surface area contributed by atoms with E-state index in [1.54, 1.807) is 0 Å². The van der Waals surface area contributed by atoms with Crippen LogP contribution < -0.4 is 5.73 Å². The second-order valence-electron chi connectivity index (χ2n) is 5.04. The molecule has 1 aliphatic rings. The number of nitrogens with two attached hydrogens (primary N) is 1. The summed E-state index contributed by atoms with van der Waals surface area (Å²) < 4.78 is 1.13. The van der Waals surface area contributed by atoms with E-state index >= 15 is 0 Å². The number of rotatable bonds is 3. The predicted octanol–water partition coefficient (Wildman–Crippen LogP) is 3.27. The van der Waals surface area contributed by atoms with E-state index in [4.69, 9.17) is 5.73 Å². The molecule has 18 heavy (non-hydrogen) atoms. The molecule has 3 unspecified atom stereocenters. The van der Waals surface area contributed by atoms with Crippen LogP contribution in [0.4, 0.5) is 0 Å². The average molecular weight is 329 g/mol. The van der Waals surface area contributed by atoms with Crippen LogP contribution in [0.25, 0.3) is 0 Å². The van der Waals surface area contributed by atoms with E-state index in [1.165, 1.54) is 11.3 Å². The lowest BCUT2D eigenvalue weighted by molar-refractivity contribution is 0.184. The summed E-state index contributed by atoms with van der Waals surface area (Å²) in [4.78, 5) is 2.54. The van der Waals surface area contributed by atoms with Crippen molar-refractivity contribution in [1.29, 1.82) is 0 Å². The maximum absolute atomic E-state index is 6.23. The summed E-state index contributed by atoms with van der Waals surface area (Å²) in [6.07, 6.45) is 0. The Morgan fingerprint density at radius 1 is 1.50 bits per heavy atom. The standard InChI is InChI=1S/C14H21BrN2S/c1-10-9-17(6-7-18-10)14(11(2)16)12-4-3-5-13(15)8-12/h3-5,8,10-11,14H,6-7,9,16H2,1-2H3. The Hall–Kier alpha value is -0.0300. The minimum Gasteiger partial charge on any atom is -0.326 e. The molecule has 2 N–H and O–H groups in total. The van der Waals surface area contributed by atoms with Gasteiger partial charge in [-0.1, -0.05) is 35.0 Å². The Labute approximate surface area is 122 Å². The Kier molecular flexibility index (Phi) is 5.13. The van der Waals surface area contributed by atoms with Crippen LogP contribution in [0.15, 0.2) is 28.7 Å². The fourth-order valence-corrected chi connectivity index (χ4v) is 4.09. The van der Waals surface area contributed by atoms with Crippen molar-refractivity contribution in [3.63, 3.8) is 0 Å². The smallest absolute Gasteiger partial charge is 0.0497 e. The monoisotopic (exact) mass is 328 g/mol. The first-order valence-electron chi connectivity index (χ1n) is 6.44. The van der Waals surface area contributed by atoms with Gasteiger partial charge in [-0.3, -0.25) is 4.90 Å². The molecule has 0 radical (unpaired) electrons. The van der Waals surface area contributed by atoms with Crippen molar-refractivity contribution in [2.75, 3.05) is 18.8 Å². The van der Waals surface area contributed by atoms with Gasteiger partial charge in [-0.2, -0.15) is 11.8 Å². The van der Waals surface area contributed by atoms with Crippen molar-refractivity contribution in [3.05, 3.63) is 34.3 Å². The highest BCUT2D eigenvalue weighted by Gasteiger charge is 2.27. The van der Waals surface area contributed by atoms with E-state index in [1.807, 2.05) is 0 Å². The normalized spacial score (nSPS) is 24.8. The Balaban J connectivity index is 2.22. The SMILES string of the molecule is CC1CN(C(c2cccc(Br)c2)C(C)N)CCS1. The molecular weight excluding hydrogens is 308 g/mol. The zero-order valence-electron chi connectivity index (χ0n) is 11.0. The molecule has 100 valence electrons. The van der Waals surface area contributed by atoms with Gasteiger partial charge in [0.15, 0.2) is 0 Å². The molecule has 4 heteroatoms. The number of thioether (sulfide) groups is 1. The van der Waals surface area contributed by atoms with Crippen LogP contribution in [-0.2, 0) is 0 Å². The first-order chi connectivity index (χ1) is 8.58. The van der Waals surface area contributed by atoms with Gasteiger partial charge < -0.3 is 5.73 Å². The molecule has 3 atom stereocenters. The van der Waals surface area contributed by atoms with E-state index < -0.39 is 0 Å². The number of benzene rings is 1. The second-order valence-corrected chi connectivity index (χ2v) is 7.50. The van der Waals surface area contributed by atoms with Crippen molar-refractivity contribution in [2.24, 2.45) is 5.73 Å². The van der Waals surface area contributed by atoms with Crippen LogP contribution in [0.5, 0.6) is 0 Å². The number of hydrogen-bond acceptors (Lipinski definition) is 3. The fourth-order valence-electron chi connectivity index (χ4n) is 2.64. The molecule has 0 bridgehead atoms. The Bertz CT molecular complexity index is 397. The largest absolute Gasteiger partial charge is 0.326 e. The third-order valence-corrected chi connectivity index (χ3v) is 4.98. The fraction of sp³-hybridized carbons (Fsp3) is 0.571. The van der Waals surface area contributed by atoms with Gasteiger partial charge in [-0.25, -0.2) is 0 Å². The lowest BCUT2D eigenvalue weighted by atomic mass is 9.99. The van der Waals surface area contributed by atoms with E-state index in [-0.39, 0.29) is 6.04 Å². The molecule has 1 heterocycles. The van der Waals surface area contributed by atoms with Crippen LogP contribution in [0.2, 0.25) is 0 Å². The predicted molar refractivity (Wildman–Crippen MR) is 84.0 cm³/mol. The maximum atomic E-state index is 6.23. The van der Waals surface area contributed by atoms with Gasteiger partial charge in [0.2, 0.25) is 0 Å². The van der Waals surface area contributed by atoms with Gasteiger partial charge in [-0.15, -0.1) is 0 Å². The zero-order valence-corrected chi connectivity index (χ0v) is 13.4. The summed E-state index contributed by atoms with van der Waals surface area (Å²) in [6, 6.07) is 9.01. The van der Waals surface area contributed by atoms with Crippen LogP contribution in [-0.4, -0.2) is 35.0 Å². The molecule has 1 aromatic carbocycles. The molecule has 0 amide bonds. The van der Waals surface area contributed by atoms with Gasteiger partial charge in [0, 0.05) is 40.6 Å². The number of nitrogens with zero attached hydrogens (tertiary/aromatic N) is 1. The van der Waals surface area contributed by atoms with E-state index in [0.29, 0.717) is 11.3 Å². The summed E-state index contributed by atoms with van der Waals surface area (Å²) in [7, 11) is 0. The maximum Gasteiger partial charge on any atom is 0.0497 e. The molecule has 1 aromatic rings. The van der Waals surface area contributed by atoms with Gasteiger partial charge in [0.05, 0.1) is 0 Å². The highest BCUT2D eigenvalue weighted by Crippen LogP contribution is 2.30. The zero-order chi connectivity index (χ0) is 13.1. The number of halogens is 1. The summed E-state index contributed by atoms with van der Waals surface area (Å²) >= 11 is 5.61. The molecule has 1 aliphatic heterocycles. The van der Waals surface area contributed by atoms with Gasteiger partial charge in [0.25, 0.3) is 0 Å². The van der Waals surface area contributed by atoms with Crippen molar-refractivity contribution < 1.29 is 0 Å². The first kappa shape index (κ1) is 14.4. The average Bonchev–Trinajstić information content (AvgIpc) is 2.28. The lowest BCUT2D eigenvalue weighted by Gasteiger charge is -2.39. The topological polar surface area (TPSA) is 29.3 Å². The Morgan fingerprint density at radius 3 is 2.89 bits per heavy atom. The minimum absolute atomic E-state index is 0.148. The molecule has 1 saturated heterocycles. The van der Waals surface area contributed by atoms with Crippen molar-refractivity contribution in [3.8, 4) is 0 Å². The summed E-state index contributed by atoms with van der Waals surface area (Å²) in [5.74, 6) is 1.21. The van der Waals surface area contributed by atoms with Crippen LogP contribution >= 0.6 is 27.7 Å². The summed E-state index contributed by atoms with van der Waals surface area (Å²) in [5.41, 5.74) is 7.55. The molecule has 0 saturated carbocycles. The molecule has 2 rings (SSSR count). The summed E-state index contributed by atoms with van der Waals surface area (Å²) in [5, 5.41) is 0.701. The van der Waals surface area contributed by atoms with Gasteiger partial charge >= 0.3 is 0 Å². The van der Waals surface area contributed by atoms with E-state index in [0.717, 1.165) is 17.6 Å². The summed E-state index contributed by atoms with van der Waals surface area (Å²) in [6.45, 7) is 6.67. The quantitative estimate of drug-likeness (QED) is 0.923. The van der Waals surface area contributed by atoms with Crippen molar-refractivity contribution in [2.45, 2.75) is 31.2 Å². The first-order valence-corrected chi connectivity index (χ1v) is 8.29. The third-order valence-electron chi connectivity index (χ3n) is 3.35. The van der Waals surface area contributed by atoms with Gasteiger partial charge in [-0.05, 0) is 24.6 Å². The van der Waals surface area contributed by atoms with E-state index in [9.17, 15) is 0 Å². The lowest BCUT2D eigenvalue weighted by Crippen LogP contribution is -2.45. The second kappa shape index (κ2) is 6.42. The molecule has 0 aliphatic carbocycles. The molecule has 0 spiro atoms. The molecule has 2 nitrogen and oxygen atoms in total. The van der Waals surface area contributed by atoms with Crippen molar-refractivity contribution in [1.82, 2.24) is 4.90 Å². The van der Waals surface area contributed by atoms with Crippen molar-refractivity contribution >= 4 is 27.7 Å². The van der Waals surface area contributed by atoms with Crippen LogP contribution in [0.3, 0.4) is 0 Å². The third kappa shape index (κ3) is 3.50. The molecule has 1 fully saturated rings. The van der Waals surface area contributed by atoms with Crippen LogP contribution in [0, 0.1) is 0 Å². The van der Waals surface area contributed by atoms with Gasteiger partial charge in [0.1, 0.15) is 0 Å². The molecular formula is C14H21BrN2S. The minimum atomic E-state index is 0.148. The number of hydrogen-bond donors (Lipinski definition) is 1.